The number of hydrogen-bond donors (Lipinski definition) is 1. The summed E-state index contributed by atoms with van der Waals surface area (Å²) in [6, 6.07) is 13.5. The summed E-state index contributed by atoms with van der Waals surface area (Å²) in [5, 5.41) is 9.10. The first kappa shape index (κ1) is 16.5. The van der Waals surface area contributed by atoms with Gasteiger partial charge in [-0.3, -0.25) is 4.79 Å². The smallest absolute Gasteiger partial charge is 0.277 e. The number of halogens is 1. The Balaban J connectivity index is 1.50. The van der Waals surface area contributed by atoms with Crippen molar-refractivity contribution in [1.29, 1.82) is 0 Å². The van der Waals surface area contributed by atoms with E-state index in [-0.39, 0.29) is 17.4 Å². The summed E-state index contributed by atoms with van der Waals surface area (Å²) in [6.45, 7) is 1.89. The van der Waals surface area contributed by atoms with Crippen LogP contribution in [0.15, 0.2) is 58.2 Å². The molecule has 26 heavy (non-hydrogen) atoms. The fraction of sp³-hybridized carbons (Fsp3) is 0.105. The largest absolute Gasteiger partial charge is 0.411 e. The van der Waals surface area contributed by atoms with Crippen LogP contribution in [-0.2, 0) is 0 Å². The number of benzene rings is 2. The van der Waals surface area contributed by atoms with Gasteiger partial charge in [0.25, 0.3) is 5.22 Å². The molecule has 0 amide bonds. The molecule has 0 saturated heterocycles. The van der Waals surface area contributed by atoms with E-state index in [4.69, 9.17) is 4.42 Å². The van der Waals surface area contributed by atoms with Gasteiger partial charge in [0.15, 0.2) is 5.78 Å². The number of hydrogen-bond acceptors (Lipinski definition) is 5. The summed E-state index contributed by atoms with van der Waals surface area (Å²) in [5.74, 6) is 0.144. The van der Waals surface area contributed by atoms with Gasteiger partial charge in [0.1, 0.15) is 5.82 Å². The number of carbonyl (C=O) groups excluding carboxylic acids is 1. The molecule has 130 valence electrons. The number of Topliss-reactive ketones (excluding diaryl/α,β-unsaturated/α-hetero) is 1. The lowest BCUT2D eigenvalue weighted by atomic mass is 10.1. The van der Waals surface area contributed by atoms with Gasteiger partial charge in [-0.2, -0.15) is 0 Å². The number of thioether (sulfide) groups is 1. The van der Waals surface area contributed by atoms with Crippen molar-refractivity contribution >= 4 is 28.4 Å². The van der Waals surface area contributed by atoms with E-state index in [0.29, 0.717) is 22.2 Å². The SMILES string of the molecule is Cc1[nH]c2ccccc2c1C(=O)CSc1nnc(-c2ccc(F)cc2)o1. The van der Waals surface area contributed by atoms with Crippen molar-refractivity contribution in [2.45, 2.75) is 12.1 Å². The quantitative estimate of drug-likeness (QED) is 0.411. The molecule has 0 aliphatic heterocycles. The Morgan fingerprint density at radius 1 is 1.15 bits per heavy atom. The maximum Gasteiger partial charge on any atom is 0.277 e. The minimum atomic E-state index is -0.331. The molecule has 0 aliphatic rings. The molecule has 2 heterocycles. The summed E-state index contributed by atoms with van der Waals surface area (Å²) >= 11 is 1.18. The normalized spacial score (nSPS) is 11.2. The number of aryl methyl sites for hydroxylation is 1. The van der Waals surface area contributed by atoms with Crippen LogP contribution in [-0.4, -0.2) is 26.7 Å². The minimum Gasteiger partial charge on any atom is -0.411 e. The average molecular weight is 367 g/mol. The number of H-pyrrole nitrogens is 1. The van der Waals surface area contributed by atoms with E-state index in [1.807, 2.05) is 31.2 Å². The second-order valence-electron chi connectivity index (χ2n) is 5.76. The third-order valence-electron chi connectivity index (χ3n) is 4.00. The predicted molar refractivity (Wildman–Crippen MR) is 97.8 cm³/mol. The van der Waals surface area contributed by atoms with Crippen molar-refractivity contribution < 1.29 is 13.6 Å². The fourth-order valence-electron chi connectivity index (χ4n) is 2.81. The second-order valence-corrected chi connectivity index (χ2v) is 6.69. The predicted octanol–water partition coefficient (Wildman–Crippen LogP) is 4.64. The second kappa shape index (κ2) is 6.76. The zero-order valence-electron chi connectivity index (χ0n) is 13.8. The number of nitrogens with one attached hydrogen (secondary N) is 1. The van der Waals surface area contributed by atoms with E-state index < -0.39 is 0 Å². The molecule has 1 N–H and O–H groups in total. The molecular formula is C19H14FN3O2S. The molecule has 4 rings (SSSR count). The maximum atomic E-state index is 13.0. The lowest BCUT2D eigenvalue weighted by molar-refractivity contribution is 0.102. The van der Waals surface area contributed by atoms with Gasteiger partial charge in [0.2, 0.25) is 5.89 Å². The number of carbonyl (C=O) groups is 1. The molecule has 4 aromatic rings. The Morgan fingerprint density at radius 3 is 2.73 bits per heavy atom. The van der Waals surface area contributed by atoms with Crippen LogP contribution in [0.3, 0.4) is 0 Å². The van der Waals surface area contributed by atoms with E-state index in [9.17, 15) is 9.18 Å². The lowest BCUT2D eigenvalue weighted by Crippen LogP contribution is -2.03. The molecule has 0 bridgehead atoms. The standard InChI is InChI=1S/C19H14FN3O2S/c1-11-17(14-4-2-3-5-15(14)21-11)16(24)10-26-19-23-22-18(25-19)12-6-8-13(20)9-7-12/h2-9,21H,10H2,1H3. The lowest BCUT2D eigenvalue weighted by Gasteiger charge is -1.99. The molecule has 7 heteroatoms. The Kier molecular flexibility index (Phi) is 4.30. The highest BCUT2D eigenvalue weighted by Crippen LogP contribution is 2.27. The highest BCUT2D eigenvalue weighted by Gasteiger charge is 2.17. The maximum absolute atomic E-state index is 13.0. The molecule has 0 fully saturated rings. The van der Waals surface area contributed by atoms with Gasteiger partial charge < -0.3 is 9.40 Å². The molecule has 0 spiro atoms. The summed E-state index contributed by atoms with van der Waals surface area (Å²) in [5.41, 5.74) is 3.10. The van der Waals surface area contributed by atoms with Crippen molar-refractivity contribution in [3.8, 4) is 11.5 Å². The first-order valence-corrected chi connectivity index (χ1v) is 8.93. The fourth-order valence-corrected chi connectivity index (χ4v) is 3.45. The monoisotopic (exact) mass is 367 g/mol. The highest BCUT2D eigenvalue weighted by molar-refractivity contribution is 7.99. The Bertz CT molecular complexity index is 1090. The van der Waals surface area contributed by atoms with E-state index >= 15 is 0 Å². The Labute approximate surface area is 152 Å². The van der Waals surface area contributed by atoms with Gasteiger partial charge in [0, 0.05) is 27.7 Å². The molecule has 2 aromatic heterocycles. The number of ketones is 1. The first-order chi connectivity index (χ1) is 12.6. The number of aromatic nitrogens is 3. The summed E-state index contributed by atoms with van der Waals surface area (Å²) in [6.07, 6.45) is 0. The van der Waals surface area contributed by atoms with Gasteiger partial charge in [-0.05, 0) is 37.3 Å². The van der Waals surface area contributed by atoms with Crippen molar-refractivity contribution in [3.63, 3.8) is 0 Å². The zero-order chi connectivity index (χ0) is 18.1. The third-order valence-corrected chi connectivity index (χ3v) is 4.82. The van der Waals surface area contributed by atoms with Crippen LogP contribution < -0.4 is 0 Å². The van der Waals surface area contributed by atoms with Crippen LogP contribution in [0, 0.1) is 12.7 Å². The number of nitrogens with zero attached hydrogens (tertiary/aromatic N) is 2. The molecule has 0 radical (unpaired) electrons. The molecule has 5 nitrogen and oxygen atoms in total. The van der Waals surface area contributed by atoms with E-state index in [2.05, 4.69) is 15.2 Å². The van der Waals surface area contributed by atoms with E-state index in [0.717, 1.165) is 16.6 Å². The van der Waals surface area contributed by atoms with E-state index in [1.165, 1.54) is 23.9 Å². The Hall–Kier alpha value is -2.93. The third kappa shape index (κ3) is 3.13. The molecule has 2 aromatic carbocycles. The number of aromatic amines is 1. The van der Waals surface area contributed by atoms with Crippen LogP contribution >= 0.6 is 11.8 Å². The van der Waals surface area contributed by atoms with Crippen LogP contribution in [0.25, 0.3) is 22.4 Å². The number of para-hydroxylation sites is 1. The topological polar surface area (TPSA) is 71.8 Å². The molecular weight excluding hydrogens is 353 g/mol. The molecule has 0 unspecified atom stereocenters. The Morgan fingerprint density at radius 2 is 1.92 bits per heavy atom. The van der Waals surface area contributed by atoms with Gasteiger partial charge in [0.05, 0.1) is 5.75 Å². The zero-order valence-corrected chi connectivity index (χ0v) is 14.6. The van der Waals surface area contributed by atoms with Gasteiger partial charge in [-0.1, -0.05) is 30.0 Å². The first-order valence-electron chi connectivity index (χ1n) is 7.94. The summed E-state index contributed by atoms with van der Waals surface area (Å²) in [4.78, 5) is 15.9. The van der Waals surface area contributed by atoms with Crippen molar-refractivity contribution in [2.75, 3.05) is 5.75 Å². The van der Waals surface area contributed by atoms with Crippen molar-refractivity contribution in [1.82, 2.24) is 15.2 Å². The van der Waals surface area contributed by atoms with Gasteiger partial charge in [-0.15, -0.1) is 10.2 Å². The van der Waals surface area contributed by atoms with Crippen molar-refractivity contribution in [3.05, 3.63) is 65.6 Å². The molecule has 0 aliphatic carbocycles. The van der Waals surface area contributed by atoms with Crippen LogP contribution in [0.1, 0.15) is 16.1 Å². The molecule has 0 saturated carbocycles. The molecule has 0 atom stereocenters. The van der Waals surface area contributed by atoms with Gasteiger partial charge >= 0.3 is 0 Å². The summed E-state index contributed by atoms with van der Waals surface area (Å²) < 4.78 is 18.5. The van der Waals surface area contributed by atoms with Crippen LogP contribution in [0.5, 0.6) is 0 Å². The highest BCUT2D eigenvalue weighted by atomic mass is 32.2. The van der Waals surface area contributed by atoms with E-state index in [1.54, 1.807) is 12.1 Å². The van der Waals surface area contributed by atoms with Crippen LogP contribution in [0.2, 0.25) is 0 Å². The van der Waals surface area contributed by atoms with Crippen molar-refractivity contribution in [2.24, 2.45) is 0 Å². The average Bonchev–Trinajstić information content (AvgIpc) is 3.24. The van der Waals surface area contributed by atoms with Gasteiger partial charge in [-0.25, -0.2) is 4.39 Å². The summed E-state index contributed by atoms with van der Waals surface area (Å²) in [7, 11) is 0. The number of rotatable bonds is 5. The number of fused-ring (bicyclic) bond motifs is 1. The van der Waals surface area contributed by atoms with Crippen LogP contribution in [0.4, 0.5) is 4.39 Å². The minimum absolute atomic E-state index is 0.00789.